The van der Waals surface area contributed by atoms with Crippen LogP contribution in [0.5, 0.6) is 0 Å². The van der Waals surface area contributed by atoms with Gasteiger partial charge in [-0.25, -0.2) is 0 Å². The molecule has 3 nitrogen and oxygen atoms in total. The third-order valence-corrected chi connectivity index (χ3v) is 4.31. The highest BCUT2D eigenvalue weighted by atomic mass is 16.1. The van der Waals surface area contributed by atoms with Gasteiger partial charge in [0.2, 0.25) is 5.91 Å². The molecule has 2 atom stereocenters. The van der Waals surface area contributed by atoms with Crippen molar-refractivity contribution >= 4 is 5.91 Å². The molecule has 3 N–H and O–H groups in total. The van der Waals surface area contributed by atoms with E-state index in [9.17, 15) is 4.79 Å². The lowest BCUT2D eigenvalue weighted by Gasteiger charge is -2.26. The smallest absolute Gasteiger partial charge is 0.223 e. The fourth-order valence-corrected chi connectivity index (χ4v) is 2.85. The van der Waals surface area contributed by atoms with Crippen molar-refractivity contribution in [2.75, 3.05) is 6.54 Å². The number of carbonyl (C=O) groups excluding carboxylic acids is 1. The molecule has 2 aliphatic carbocycles. The van der Waals surface area contributed by atoms with Gasteiger partial charge in [-0.2, -0.15) is 0 Å². The Labute approximate surface area is 98.2 Å². The highest BCUT2D eigenvalue weighted by Crippen LogP contribution is 2.42. The summed E-state index contributed by atoms with van der Waals surface area (Å²) in [4.78, 5) is 12.0. The van der Waals surface area contributed by atoms with Crippen molar-refractivity contribution in [3.05, 3.63) is 0 Å². The molecule has 0 aliphatic heterocycles. The highest BCUT2D eigenvalue weighted by molar-refractivity contribution is 5.79. The molecule has 2 rings (SSSR count). The largest absolute Gasteiger partial charge is 0.354 e. The number of amides is 1. The maximum atomic E-state index is 12.0. The number of carbonyl (C=O) groups is 1. The fourth-order valence-electron chi connectivity index (χ4n) is 2.85. The molecule has 0 aromatic carbocycles. The van der Waals surface area contributed by atoms with Gasteiger partial charge in [0.25, 0.3) is 0 Å². The van der Waals surface area contributed by atoms with Crippen molar-refractivity contribution in [3.8, 4) is 0 Å². The van der Waals surface area contributed by atoms with Crippen molar-refractivity contribution in [3.63, 3.8) is 0 Å². The first-order valence-corrected chi connectivity index (χ1v) is 6.54. The molecule has 0 spiro atoms. The summed E-state index contributed by atoms with van der Waals surface area (Å²) in [6.45, 7) is 5.06. The topological polar surface area (TPSA) is 55.1 Å². The van der Waals surface area contributed by atoms with Gasteiger partial charge in [-0.1, -0.05) is 20.3 Å². The van der Waals surface area contributed by atoms with Gasteiger partial charge < -0.3 is 11.1 Å². The van der Waals surface area contributed by atoms with Crippen LogP contribution in [0, 0.1) is 17.3 Å². The zero-order valence-corrected chi connectivity index (χ0v) is 10.5. The van der Waals surface area contributed by atoms with E-state index in [0.29, 0.717) is 12.5 Å². The first-order valence-electron chi connectivity index (χ1n) is 6.54. The Kier molecular flexibility index (Phi) is 3.24. The van der Waals surface area contributed by atoms with Gasteiger partial charge in [-0.15, -0.1) is 0 Å². The SMILES string of the molecule is CC1(C)CCCC1C(=O)NCC(N)C1CC1. The Balaban J connectivity index is 1.78. The maximum absolute atomic E-state index is 12.0. The standard InChI is InChI=1S/C13H24N2O/c1-13(2)7-3-4-10(13)12(16)15-8-11(14)9-5-6-9/h9-11H,3-8,14H2,1-2H3,(H,15,16). The Hall–Kier alpha value is -0.570. The molecule has 16 heavy (non-hydrogen) atoms. The van der Waals surface area contributed by atoms with E-state index in [0.717, 1.165) is 6.42 Å². The predicted molar refractivity (Wildman–Crippen MR) is 64.8 cm³/mol. The first-order chi connectivity index (χ1) is 7.50. The van der Waals surface area contributed by atoms with Gasteiger partial charge in [-0.05, 0) is 37.0 Å². The van der Waals surface area contributed by atoms with Crippen LogP contribution in [0.3, 0.4) is 0 Å². The summed E-state index contributed by atoms with van der Waals surface area (Å²) in [5.74, 6) is 1.08. The van der Waals surface area contributed by atoms with E-state index >= 15 is 0 Å². The van der Waals surface area contributed by atoms with Crippen molar-refractivity contribution in [2.45, 2.75) is 52.0 Å². The second-order valence-electron chi connectivity index (χ2n) is 6.18. The summed E-state index contributed by atoms with van der Waals surface area (Å²) < 4.78 is 0. The third-order valence-electron chi connectivity index (χ3n) is 4.31. The average Bonchev–Trinajstić information content (AvgIpc) is 2.99. The van der Waals surface area contributed by atoms with Gasteiger partial charge in [0.1, 0.15) is 0 Å². The number of nitrogens with one attached hydrogen (secondary N) is 1. The van der Waals surface area contributed by atoms with Gasteiger partial charge in [0.05, 0.1) is 0 Å². The summed E-state index contributed by atoms with van der Waals surface area (Å²) >= 11 is 0. The van der Waals surface area contributed by atoms with E-state index in [1.807, 2.05) is 0 Å². The number of nitrogens with two attached hydrogens (primary N) is 1. The third kappa shape index (κ3) is 2.57. The predicted octanol–water partition coefficient (Wildman–Crippen LogP) is 1.67. The molecule has 92 valence electrons. The molecule has 0 bridgehead atoms. The first kappa shape index (κ1) is 11.9. The van der Waals surface area contributed by atoms with E-state index in [1.54, 1.807) is 0 Å². The quantitative estimate of drug-likeness (QED) is 0.763. The molecule has 0 heterocycles. The minimum absolute atomic E-state index is 0.174. The Bertz CT molecular complexity index is 271. The van der Waals surface area contributed by atoms with Crippen LogP contribution in [0.2, 0.25) is 0 Å². The van der Waals surface area contributed by atoms with Crippen molar-refractivity contribution in [1.29, 1.82) is 0 Å². The van der Waals surface area contributed by atoms with Crippen molar-refractivity contribution < 1.29 is 4.79 Å². The van der Waals surface area contributed by atoms with Gasteiger partial charge >= 0.3 is 0 Å². The van der Waals surface area contributed by atoms with Crippen LogP contribution in [-0.2, 0) is 4.79 Å². The molecule has 2 saturated carbocycles. The maximum Gasteiger partial charge on any atom is 0.223 e. The van der Waals surface area contributed by atoms with E-state index in [4.69, 9.17) is 5.73 Å². The van der Waals surface area contributed by atoms with E-state index < -0.39 is 0 Å². The zero-order chi connectivity index (χ0) is 11.8. The molecule has 0 radical (unpaired) electrons. The lowest BCUT2D eigenvalue weighted by molar-refractivity contribution is -0.127. The van der Waals surface area contributed by atoms with Crippen LogP contribution in [0.4, 0.5) is 0 Å². The Morgan fingerprint density at radius 3 is 2.62 bits per heavy atom. The molecule has 2 unspecified atom stereocenters. The monoisotopic (exact) mass is 224 g/mol. The molecule has 3 heteroatoms. The van der Waals surface area contributed by atoms with Crippen molar-refractivity contribution in [1.82, 2.24) is 5.32 Å². The molecular weight excluding hydrogens is 200 g/mol. The summed E-state index contributed by atoms with van der Waals surface area (Å²) in [5.41, 5.74) is 6.15. The normalized spacial score (nSPS) is 30.1. The van der Waals surface area contributed by atoms with E-state index in [1.165, 1.54) is 25.7 Å². The Morgan fingerprint density at radius 1 is 1.44 bits per heavy atom. The van der Waals surface area contributed by atoms with E-state index in [2.05, 4.69) is 19.2 Å². The molecule has 0 aromatic rings. The molecule has 0 aromatic heterocycles. The number of hydrogen-bond donors (Lipinski definition) is 2. The molecule has 2 aliphatic rings. The zero-order valence-electron chi connectivity index (χ0n) is 10.5. The lowest BCUT2D eigenvalue weighted by Crippen LogP contribution is -2.43. The van der Waals surface area contributed by atoms with Gasteiger partial charge in [0, 0.05) is 18.5 Å². The minimum atomic E-state index is 0.174. The minimum Gasteiger partial charge on any atom is -0.354 e. The molecule has 2 fully saturated rings. The molecular formula is C13H24N2O. The fraction of sp³-hybridized carbons (Fsp3) is 0.923. The van der Waals surface area contributed by atoms with Crippen LogP contribution in [0.1, 0.15) is 46.0 Å². The van der Waals surface area contributed by atoms with Crippen molar-refractivity contribution in [2.24, 2.45) is 23.0 Å². The van der Waals surface area contributed by atoms with Gasteiger partial charge in [-0.3, -0.25) is 4.79 Å². The summed E-state index contributed by atoms with van der Waals surface area (Å²) in [7, 11) is 0. The van der Waals surface area contributed by atoms with Crippen LogP contribution >= 0.6 is 0 Å². The summed E-state index contributed by atoms with van der Waals surface area (Å²) in [6, 6.07) is 0.175. The van der Waals surface area contributed by atoms with Gasteiger partial charge in [0.15, 0.2) is 0 Å². The summed E-state index contributed by atoms with van der Waals surface area (Å²) in [5, 5.41) is 3.04. The Morgan fingerprint density at radius 2 is 2.12 bits per heavy atom. The second-order valence-corrected chi connectivity index (χ2v) is 6.18. The van der Waals surface area contributed by atoms with E-state index in [-0.39, 0.29) is 23.3 Å². The lowest BCUT2D eigenvalue weighted by atomic mass is 9.81. The molecule has 0 saturated heterocycles. The van der Waals surface area contributed by atoms with Crippen LogP contribution in [-0.4, -0.2) is 18.5 Å². The number of hydrogen-bond acceptors (Lipinski definition) is 2. The second kappa shape index (κ2) is 4.36. The summed E-state index contributed by atoms with van der Waals surface area (Å²) in [6.07, 6.45) is 5.87. The highest BCUT2D eigenvalue weighted by Gasteiger charge is 2.39. The van der Waals surface area contributed by atoms with Crippen LogP contribution in [0.25, 0.3) is 0 Å². The number of rotatable bonds is 4. The van der Waals surface area contributed by atoms with Crippen LogP contribution in [0.15, 0.2) is 0 Å². The van der Waals surface area contributed by atoms with Crippen LogP contribution < -0.4 is 11.1 Å². The molecule has 1 amide bonds. The average molecular weight is 224 g/mol.